The van der Waals surface area contributed by atoms with Gasteiger partial charge in [0.15, 0.2) is 0 Å². The van der Waals surface area contributed by atoms with Gasteiger partial charge in [-0.3, -0.25) is 4.98 Å². The molecule has 1 aromatic heterocycles. The van der Waals surface area contributed by atoms with Crippen LogP contribution in [0.5, 0.6) is 0 Å². The Balaban J connectivity index is 2.32. The van der Waals surface area contributed by atoms with E-state index in [1.54, 1.807) is 12.4 Å². The highest BCUT2D eigenvalue weighted by atomic mass is 35.5. The van der Waals surface area contributed by atoms with E-state index in [0.717, 1.165) is 24.3 Å². The zero-order chi connectivity index (χ0) is 9.26. The smallest absolute Gasteiger partial charge is 0.0842 e. The van der Waals surface area contributed by atoms with Crippen molar-refractivity contribution in [3.05, 3.63) is 17.4 Å². The Kier molecular flexibility index (Phi) is 2.27. The van der Waals surface area contributed by atoms with Gasteiger partial charge in [0.1, 0.15) is 0 Å². The van der Waals surface area contributed by atoms with Crippen molar-refractivity contribution in [2.24, 2.45) is 0 Å². The summed E-state index contributed by atoms with van der Waals surface area (Å²) in [6, 6.07) is 0.465. The van der Waals surface area contributed by atoms with E-state index in [9.17, 15) is 0 Å². The van der Waals surface area contributed by atoms with E-state index in [4.69, 9.17) is 11.6 Å². The molecule has 13 heavy (non-hydrogen) atoms. The summed E-state index contributed by atoms with van der Waals surface area (Å²) in [4.78, 5) is 4.01. The fraction of sp³-hybridized carbons (Fsp3) is 0.444. The lowest BCUT2D eigenvalue weighted by Gasteiger charge is -2.27. The number of nitrogens with zero attached hydrogens (tertiary/aromatic N) is 1. The van der Waals surface area contributed by atoms with Gasteiger partial charge in [0.05, 0.1) is 22.6 Å². The van der Waals surface area contributed by atoms with Gasteiger partial charge in [-0.15, -0.1) is 0 Å². The molecule has 0 saturated carbocycles. The summed E-state index contributed by atoms with van der Waals surface area (Å²) in [5, 5.41) is 7.36. The van der Waals surface area contributed by atoms with Gasteiger partial charge < -0.3 is 10.6 Å². The average Bonchev–Trinajstić information content (AvgIpc) is 2.18. The summed E-state index contributed by atoms with van der Waals surface area (Å²) in [5.74, 6) is 0. The molecule has 0 aromatic carbocycles. The molecule has 1 aliphatic heterocycles. The van der Waals surface area contributed by atoms with Crippen LogP contribution in [0.3, 0.4) is 0 Å². The maximum absolute atomic E-state index is 6.00. The average molecular weight is 198 g/mol. The van der Waals surface area contributed by atoms with Crippen LogP contribution in [-0.2, 0) is 0 Å². The van der Waals surface area contributed by atoms with Gasteiger partial charge in [-0.1, -0.05) is 18.5 Å². The van der Waals surface area contributed by atoms with Crippen LogP contribution >= 0.6 is 11.6 Å². The molecule has 1 aromatic rings. The van der Waals surface area contributed by atoms with Crippen molar-refractivity contribution in [3.63, 3.8) is 0 Å². The second kappa shape index (κ2) is 3.42. The van der Waals surface area contributed by atoms with Crippen LogP contribution in [0.1, 0.15) is 13.3 Å². The predicted molar refractivity (Wildman–Crippen MR) is 55.4 cm³/mol. The van der Waals surface area contributed by atoms with Crippen LogP contribution in [0.4, 0.5) is 11.4 Å². The van der Waals surface area contributed by atoms with Gasteiger partial charge in [-0.2, -0.15) is 0 Å². The molecule has 0 aliphatic carbocycles. The van der Waals surface area contributed by atoms with E-state index in [1.165, 1.54) is 0 Å². The van der Waals surface area contributed by atoms with Crippen molar-refractivity contribution < 1.29 is 0 Å². The number of hydrogen-bond donors (Lipinski definition) is 2. The van der Waals surface area contributed by atoms with Crippen molar-refractivity contribution >= 4 is 23.0 Å². The molecule has 0 fully saturated rings. The molecular formula is C9H12ClN3. The summed E-state index contributed by atoms with van der Waals surface area (Å²) in [7, 11) is 0. The van der Waals surface area contributed by atoms with Crippen molar-refractivity contribution in [1.29, 1.82) is 0 Å². The largest absolute Gasteiger partial charge is 0.380 e. The van der Waals surface area contributed by atoms with E-state index in [-0.39, 0.29) is 0 Å². The molecule has 0 amide bonds. The highest BCUT2D eigenvalue weighted by Gasteiger charge is 2.17. The Hall–Kier alpha value is -0.960. The van der Waals surface area contributed by atoms with Gasteiger partial charge in [0.2, 0.25) is 0 Å². The Bertz CT molecular complexity index is 314. The van der Waals surface area contributed by atoms with Gasteiger partial charge in [0.25, 0.3) is 0 Å². The number of rotatable bonds is 1. The van der Waals surface area contributed by atoms with E-state index < -0.39 is 0 Å². The lowest BCUT2D eigenvalue weighted by Crippen LogP contribution is -2.32. The van der Waals surface area contributed by atoms with Gasteiger partial charge in [-0.25, -0.2) is 0 Å². The maximum Gasteiger partial charge on any atom is 0.0842 e. The summed E-state index contributed by atoms with van der Waals surface area (Å²) < 4.78 is 0. The Morgan fingerprint density at radius 2 is 2.46 bits per heavy atom. The van der Waals surface area contributed by atoms with Crippen molar-refractivity contribution in [3.8, 4) is 0 Å². The Morgan fingerprint density at radius 1 is 1.62 bits per heavy atom. The third kappa shape index (κ3) is 1.56. The summed E-state index contributed by atoms with van der Waals surface area (Å²) in [5.41, 5.74) is 1.98. The SMILES string of the molecule is CCC1CNc2cncc(Cl)c2N1. The number of hydrogen-bond acceptors (Lipinski definition) is 3. The molecule has 2 N–H and O–H groups in total. The molecule has 0 saturated heterocycles. The molecule has 1 aliphatic rings. The van der Waals surface area contributed by atoms with Gasteiger partial charge in [-0.05, 0) is 6.42 Å². The lowest BCUT2D eigenvalue weighted by atomic mass is 10.1. The maximum atomic E-state index is 6.00. The van der Waals surface area contributed by atoms with E-state index in [2.05, 4.69) is 22.5 Å². The number of fused-ring (bicyclic) bond motifs is 1. The summed E-state index contributed by atoms with van der Waals surface area (Å²) in [6.07, 6.45) is 4.54. The molecule has 70 valence electrons. The van der Waals surface area contributed by atoms with E-state index >= 15 is 0 Å². The molecule has 0 spiro atoms. The fourth-order valence-electron chi connectivity index (χ4n) is 1.45. The fourth-order valence-corrected chi connectivity index (χ4v) is 1.66. The first-order valence-corrected chi connectivity index (χ1v) is 4.83. The second-order valence-electron chi connectivity index (χ2n) is 3.17. The first-order valence-electron chi connectivity index (χ1n) is 4.45. The van der Waals surface area contributed by atoms with Crippen LogP contribution < -0.4 is 10.6 Å². The molecule has 0 radical (unpaired) electrons. The number of nitrogens with one attached hydrogen (secondary N) is 2. The second-order valence-corrected chi connectivity index (χ2v) is 3.58. The van der Waals surface area contributed by atoms with Crippen LogP contribution in [0.2, 0.25) is 5.02 Å². The monoisotopic (exact) mass is 197 g/mol. The van der Waals surface area contributed by atoms with Crippen molar-refractivity contribution in [2.45, 2.75) is 19.4 Å². The number of aromatic nitrogens is 1. The lowest BCUT2D eigenvalue weighted by molar-refractivity contribution is 0.712. The number of halogens is 1. The van der Waals surface area contributed by atoms with Crippen molar-refractivity contribution in [1.82, 2.24) is 4.98 Å². The predicted octanol–water partition coefficient (Wildman–Crippen LogP) is 2.35. The molecule has 1 atom stereocenters. The molecule has 2 heterocycles. The zero-order valence-corrected chi connectivity index (χ0v) is 8.23. The number of pyridine rings is 1. The topological polar surface area (TPSA) is 37.0 Å². The molecule has 2 rings (SSSR count). The standard InChI is InChI=1S/C9H12ClN3/c1-2-6-3-12-8-5-11-4-7(10)9(8)13-6/h4-6,12-13H,2-3H2,1H3. The first-order chi connectivity index (χ1) is 6.31. The van der Waals surface area contributed by atoms with Crippen LogP contribution in [0, 0.1) is 0 Å². The third-order valence-corrected chi connectivity index (χ3v) is 2.57. The minimum atomic E-state index is 0.465. The quantitative estimate of drug-likeness (QED) is 0.726. The van der Waals surface area contributed by atoms with E-state index in [0.29, 0.717) is 11.1 Å². The number of anilines is 2. The Labute approximate surface area is 82.5 Å². The minimum Gasteiger partial charge on any atom is -0.380 e. The normalized spacial score (nSPS) is 20.0. The van der Waals surface area contributed by atoms with Crippen LogP contribution in [0.15, 0.2) is 12.4 Å². The van der Waals surface area contributed by atoms with Gasteiger partial charge >= 0.3 is 0 Å². The van der Waals surface area contributed by atoms with E-state index in [1.807, 2.05) is 0 Å². The highest BCUT2D eigenvalue weighted by Crippen LogP contribution is 2.32. The first kappa shape index (κ1) is 8.63. The molecular weight excluding hydrogens is 186 g/mol. The highest BCUT2D eigenvalue weighted by molar-refractivity contribution is 6.33. The minimum absolute atomic E-state index is 0.465. The van der Waals surface area contributed by atoms with Crippen LogP contribution in [-0.4, -0.2) is 17.6 Å². The molecule has 0 bridgehead atoms. The van der Waals surface area contributed by atoms with Gasteiger partial charge in [0, 0.05) is 18.8 Å². The molecule has 1 unspecified atom stereocenters. The zero-order valence-electron chi connectivity index (χ0n) is 7.47. The summed E-state index contributed by atoms with van der Waals surface area (Å²) >= 11 is 6.00. The Morgan fingerprint density at radius 3 is 3.23 bits per heavy atom. The molecule has 3 nitrogen and oxygen atoms in total. The summed E-state index contributed by atoms with van der Waals surface area (Å²) in [6.45, 7) is 3.09. The third-order valence-electron chi connectivity index (χ3n) is 2.28. The molecule has 4 heteroatoms. The van der Waals surface area contributed by atoms with Crippen LogP contribution in [0.25, 0.3) is 0 Å². The van der Waals surface area contributed by atoms with Crippen molar-refractivity contribution in [2.75, 3.05) is 17.2 Å².